The molecule has 0 amide bonds. The van der Waals surface area contributed by atoms with Gasteiger partial charge in [0.25, 0.3) is 0 Å². The SMILES string of the molecule is CC1(C)CCN(CCCS(N)(=O)=O)c2cc(Nc3ncnc4c3CCN(c3ccccc3C(F)(F)F)C4)ccc21. The first-order chi connectivity index (χ1) is 18.8. The zero-order chi connectivity index (χ0) is 28.7. The molecule has 0 bridgehead atoms. The van der Waals surface area contributed by atoms with Gasteiger partial charge in [-0.1, -0.05) is 32.0 Å². The molecule has 8 nitrogen and oxygen atoms in total. The van der Waals surface area contributed by atoms with Crippen LogP contribution in [0.15, 0.2) is 48.8 Å². The van der Waals surface area contributed by atoms with Gasteiger partial charge in [-0.05, 0) is 54.5 Å². The van der Waals surface area contributed by atoms with Gasteiger partial charge in [-0.15, -0.1) is 0 Å². The molecule has 3 N–H and O–H groups in total. The summed E-state index contributed by atoms with van der Waals surface area (Å²) in [6, 6.07) is 11.8. The van der Waals surface area contributed by atoms with Gasteiger partial charge in [0.05, 0.1) is 23.6 Å². The lowest BCUT2D eigenvalue weighted by atomic mass is 9.77. The zero-order valence-electron chi connectivity index (χ0n) is 22.5. The van der Waals surface area contributed by atoms with Crippen LogP contribution in [0.4, 0.5) is 36.1 Å². The largest absolute Gasteiger partial charge is 0.418 e. The van der Waals surface area contributed by atoms with Crippen molar-refractivity contribution in [2.45, 2.75) is 51.2 Å². The van der Waals surface area contributed by atoms with Gasteiger partial charge in [-0.3, -0.25) is 0 Å². The Morgan fingerprint density at radius 2 is 1.85 bits per heavy atom. The van der Waals surface area contributed by atoms with E-state index in [1.807, 2.05) is 6.07 Å². The van der Waals surface area contributed by atoms with E-state index in [2.05, 4.69) is 46.2 Å². The standard InChI is InChI=1S/C28H33F3N6O2S/c1-27(2)11-14-36(12-5-15-40(32,38)39)25-16-19(8-9-21(25)27)35-26-20-10-13-37(17-23(20)33-18-34-26)24-7-4-3-6-22(24)28(29,30)31/h3-4,6-9,16,18H,5,10-15,17H2,1-2H3,(H2,32,38,39)(H,33,34,35). The first kappa shape index (κ1) is 28.2. The summed E-state index contributed by atoms with van der Waals surface area (Å²) in [6.07, 6.45) is -1.15. The molecule has 0 spiro atoms. The average Bonchev–Trinajstić information content (AvgIpc) is 2.89. The van der Waals surface area contributed by atoms with Crippen molar-refractivity contribution >= 4 is 32.9 Å². The molecule has 12 heteroatoms. The highest BCUT2D eigenvalue weighted by atomic mass is 32.2. The van der Waals surface area contributed by atoms with Gasteiger partial charge >= 0.3 is 6.18 Å². The minimum absolute atomic E-state index is 0.0332. The highest BCUT2D eigenvalue weighted by Crippen LogP contribution is 2.42. The molecule has 3 aromatic rings. The Bertz CT molecular complexity index is 1510. The summed E-state index contributed by atoms with van der Waals surface area (Å²) in [7, 11) is -3.53. The number of aromatic nitrogens is 2. The second kappa shape index (κ2) is 10.5. The summed E-state index contributed by atoms with van der Waals surface area (Å²) in [5.41, 5.74) is 4.06. The number of rotatable bonds is 7. The third kappa shape index (κ3) is 6.02. The number of anilines is 4. The highest BCUT2D eigenvalue weighted by molar-refractivity contribution is 7.89. The monoisotopic (exact) mass is 574 g/mol. The van der Waals surface area contributed by atoms with Crippen molar-refractivity contribution in [1.29, 1.82) is 0 Å². The quantitative estimate of drug-likeness (QED) is 0.411. The Hall–Kier alpha value is -3.38. The first-order valence-electron chi connectivity index (χ1n) is 13.2. The number of nitrogens with zero attached hydrogens (tertiary/aromatic N) is 4. The van der Waals surface area contributed by atoms with Gasteiger partial charge in [0.1, 0.15) is 12.1 Å². The lowest BCUT2D eigenvalue weighted by Gasteiger charge is -2.40. The maximum Gasteiger partial charge on any atom is 0.418 e. The molecular weight excluding hydrogens is 541 g/mol. The van der Waals surface area contributed by atoms with Crippen LogP contribution >= 0.6 is 0 Å². The van der Waals surface area contributed by atoms with Gasteiger partial charge in [0.2, 0.25) is 10.0 Å². The van der Waals surface area contributed by atoms with E-state index in [0.717, 1.165) is 36.0 Å². The number of sulfonamides is 1. The fourth-order valence-electron chi connectivity index (χ4n) is 5.60. The average molecular weight is 575 g/mol. The smallest absolute Gasteiger partial charge is 0.371 e. The summed E-state index contributed by atoms with van der Waals surface area (Å²) in [6.45, 7) is 6.41. The normalized spacial score (nSPS) is 16.9. The molecule has 0 saturated carbocycles. The van der Waals surface area contributed by atoms with E-state index in [4.69, 9.17) is 5.14 Å². The molecule has 0 saturated heterocycles. The second-order valence-electron chi connectivity index (χ2n) is 11.0. The predicted molar refractivity (Wildman–Crippen MR) is 150 cm³/mol. The van der Waals surface area contributed by atoms with Gasteiger partial charge < -0.3 is 15.1 Å². The molecule has 40 heavy (non-hydrogen) atoms. The molecule has 1 aromatic heterocycles. The van der Waals surface area contributed by atoms with Crippen LogP contribution in [0.5, 0.6) is 0 Å². The predicted octanol–water partition coefficient (Wildman–Crippen LogP) is 4.97. The number of benzene rings is 2. The number of para-hydroxylation sites is 1. The number of hydrogen-bond donors (Lipinski definition) is 2. The van der Waals surface area contributed by atoms with Gasteiger partial charge in [0.15, 0.2) is 0 Å². The van der Waals surface area contributed by atoms with Crippen LogP contribution in [0.2, 0.25) is 0 Å². The van der Waals surface area contributed by atoms with Gasteiger partial charge in [-0.2, -0.15) is 13.2 Å². The van der Waals surface area contributed by atoms with Crippen LogP contribution in [-0.4, -0.2) is 43.8 Å². The molecule has 5 rings (SSSR count). The van der Waals surface area contributed by atoms with Crippen molar-refractivity contribution in [3.8, 4) is 0 Å². The Morgan fingerprint density at radius 3 is 2.60 bits per heavy atom. The minimum atomic E-state index is -4.44. The van der Waals surface area contributed by atoms with Crippen molar-refractivity contribution in [3.05, 3.63) is 71.2 Å². The number of alkyl halides is 3. The number of primary sulfonamides is 1. The first-order valence-corrected chi connectivity index (χ1v) is 14.9. The lowest BCUT2D eigenvalue weighted by Crippen LogP contribution is -2.38. The Kier molecular flexibility index (Phi) is 7.43. The van der Waals surface area contributed by atoms with Crippen LogP contribution in [-0.2, 0) is 34.6 Å². The molecule has 2 aliphatic heterocycles. The maximum absolute atomic E-state index is 13.6. The molecule has 0 aliphatic carbocycles. The number of nitrogens with two attached hydrogens (primary N) is 1. The highest BCUT2D eigenvalue weighted by Gasteiger charge is 2.36. The summed E-state index contributed by atoms with van der Waals surface area (Å²) < 4.78 is 63.8. The van der Waals surface area contributed by atoms with Crippen molar-refractivity contribution in [2.24, 2.45) is 5.14 Å². The van der Waals surface area contributed by atoms with E-state index < -0.39 is 21.8 Å². The number of hydrogen-bond acceptors (Lipinski definition) is 7. The summed E-state index contributed by atoms with van der Waals surface area (Å²) in [5.74, 6) is 0.557. The van der Waals surface area contributed by atoms with Crippen molar-refractivity contribution in [1.82, 2.24) is 9.97 Å². The summed E-state index contributed by atoms with van der Waals surface area (Å²) in [4.78, 5) is 12.8. The molecule has 214 valence electrons. The van der Waals surface area contributed by atoms with Gasteiger partial charge in [0, 0.05) is 42.3 Å². The molecule has 3 heterocycles. The van der Waals surface area contributed by atoms with E-state index in [0.29, 0.717) is 37.4 Å². The van der Waals surface area contributed by atoms with Crippen LogP contribution in [0.25, 0.3) is 0 Å². The number of nitrogens with one attached hydrogen (secondary N) is 1. The van der Waals surface area contributed by atoms with E-state index in [1.165, 1.54) is 24.0 Å². The molecule has 2 aliphatic rings. The summed E-state index contributed by atoms with van der Waals surface area (Å²) >= 11 is 0. The number of fused-ring (bicyclic) bond motifs is 2. The van der Waals surface area contributed by atoms with Crippen LogP contribution in [0.1, 0.15) is 49.1 Å². The fourth-order valence-corrected chi connectivity index (χ4v) is 6.13. The molecule has 2 aromatic carbocycles. The summed E-state index contributed by atoms with van der Waals surface area (Å²) in [5, 5.41) is 8.61. The van der Waals surface area contributed by atoms with E-state index in [1.54, 1.807) is 11.0 Å². The number of halogens is 3. The molecule has 0 atom stereocenters. The third-order valence-electron chi connectivity index (χ3n) is 7.75. The Labute approximate surface area is 232 Å². The van der Waals surface area contributed by atoms with Crippen LogP contribution < -0.4 is 20.3 Å². The van der Waals surface area contributed by atoms with E-state index >= 15 is 0 Å². The maximum atomic E-state index is 13.6. The minimum Gasteiger partial charge on any atom is -0.371 e. The third-order valence-corrected chi connectivity index (χ3v) is 8.61. The van der Waals surface area contributed by atoms with E-state index in [9.17, 15) is 21.6 Å². The van der Waals surface area contributed by atoms with Crippen molar-refractivity contribution in [3.63, 3.8) is 0 Å². The topological polar surface area (TPSA) is 104 Å². The van der Waals surface area contributed by atoms with Crippen LogP contribution in [0, 0.1) is 0 Å². The molecule has 0 radical (unpaired) electrons. The molecule has 0 unspecified atom stereocenters. The second-order valence-corrected chi connectivity index (χ2v) is 12.8. The van der Waals surface area contributed by atoms with Crippen LogP contribution in [0.3, 0.4) is 0 Å². The van der Waals surface area contributed by atoms with E-state index in [-0.39, 0.29) is 23.4 Å². The van der Waals surface area contributed by atoms with Crippen molar-refractivity contribution < 1.29 is 21.6 Å². The molecular formula is C28H33F3N6O2S. The zero-order valence-corrected chi connectivity index (χ0v) is 23.3. The lowest BCUT2D eigenvalue weighted by molar-refractivity contribution is -0.137. The fraction of sp³-hybridized carbons (Fsp3) is 0.429. The van der Waals surface area contributed by atoms with Gasteiger partial charge in [-0.25, -0.2) is 23.5 Å². The Morgan fingerprint density at radius 1 is 1.07 bits per heavy atom. The molecule has 0 fully saturated rings. The van der Waals surface area contributed by atoms with Crippen molar-refractivity contribution in [2.75, 3.05) is 40.5 Å². The Balaban J connectivity index is 1.39.